The Morgan fingerprint density at radius 3 is 2.67 bits per heavy atom. The van der Waals surface area contributed by atoms with Crippen LogP contribution in [-0.4, -0.2) is 31.5 Å². The van der Waals surface area contributed by atoms with E-state index in [0.717, 1.165) is 25.9 Å². The Morgan fingerprint density at radius 1 is 1.56 bits per heavy atom. The van der Waals surface area contributed by atoms with Crippen LogP contribution in [0.2, 0.25) is 0 Å². The summed E-state index contributed by atoms with van der Waals surface area (Å²) in [7, 11) is 0. The van der Waals surface area contributed by atoms with Crippen molar-refractivity contribution in [2.24, 2.45) is 0 Å². The third-order valence-electron chi connectivity index (χ3n) is 1.58. The third-order valence-corrected chi connectivity index (χ3v) is 1.58. The van der Waals surface area contributed by atoms with Gasteiger partial charge in [-0.3, -0.25) is 0 Å². The molecule has 1 aliphatic heterocycles. The minimum Gasteiger partial charge on any atom is -0.313 e. The van der Waals surface area contributed by atoms with Crippen LogP contribution in [-0.2, 0) is 4.79 Å². The molecule has 0 aromatic heterocycles. The van der Waals surface area contributed by atoms with Gasteiger partial charge in [-0.1, -0.05) is 0 Å². The first-order chi connectivity index (χ1) is 4.27. The van der Waals surface area contributed by atoms with Crippen molar-refractivity contribution in [1.29, 1.82) is 0 Å². The molecular formula is C6H12N2O. The number of carbonyl (C=O) groups is 1. The molecule has 0 saturated carbocycles. The Kier molecular flexibility index (Phi) is 1.83. The molecule has 0 spiro atoms. The normalized spacial score (nSPS) is 36.1. The summed E-state index contributed by atoms with van der Waals surface area (Å²) in [6.45, 7) is 4.49. The Labute approximate surface area is 54.8 Å². The standard InChI is InChI=1S/C6H12N2O/c1-6(5-9)4-7-2-3-8-6/h5,7-8H,2-4H2,1H3/t6-/m0/s1. The van der Waals surface area contributed by atoms with Crippen molar-refractivity contribution < 1.29 is 4.79 Å². The minimum absolute atomic E-state index is 0.321. The van der Waals surface area contributed by atoms with Crippen molar-refractivity contribution >= 4 is 6.29 Å². The van der Waals surface area contributed by atoms with Crippen LogP contribution in [0.3, 0.4) is 0 Å². The zero-order chi connectivity index (χ0) is 6.74. The Bertz CT molecular complexity index is 108. The summed E-state index contributed by atoms with van der Waals surface area (Å²) in [6, 6.07) is 0. The number of carbonyl (C=O) groups excluding carboxylic acids is 1. The first kappa shape index (κ1) is 6.71. The van der Waals surface area contributed by atoms with Crippen molar-refractivity contribution in [3.8, 4) is 0 Å². The minimum atomic E-state index is -0.321. The summed E-state index contributed by atoms with van der Waals surface area (Å²) in [4.78, 5) is 10.4. The molecule has 2 N–H and O–H groups in total. The zero-order valence-electron chi connectivity index (χ0n) is 5.61. The number of hydrogen-bond acceptors (Lipinski definition) is 3. The first-order valence-electron chi connectivity index (χ1n) is 3.19. The van der Waals surface area contributed by atoms with Gasteiger partial charge in [-0.2, -0.15) is 0 Å². The van der Waals surface area contributed by atoms with E-state index in [1.54, 1.807) is 0 Å². The Balaban J connectivity index is 2.46. The monoisotopic (exact) mass is 128 g/mol. The van der Waals surface area contributed by atoms with Gasteiger partial charge in [-0.15, -0.1) is 0 Å². The quantitative estimate of drug-likeness (QED) is 0.451. The van der Waals surface area contributed by atoms with Gasteiger partial charge in [-0.05, 0) is 6.92 Å². The molecule has 1 fully saturated rings. The molecule has 1 heterocycles. The summed E-state index contributed by atoms with van der Waals surface area (Å²) >= 11 is 0. The molecule has 1 saturated heterocycles. The summed E-state index contributed by atoms with van der Waals surface area (Å²) in [6.07, 6.45) is 0.958. The fourth-order valence-electron chi connectivity index (χ4n) is 0.930. The Hall–Kier alpha value is -0.410. The van der Waals surface area contributed by atoms with Crippen molar-refractivity contribution in [2.75, 3.05) is 19.6 Å². The van der Waals surface area contributed by atoms with Gasteiger partial charge in [-0.25, -0.2) is 0 Å². The van der Waals surface area contributed by atoms with Crippen LogP contribution in [0.4, 0.5) is 0 Å². The van der Waals surface area contributed by atoms with Gasteiger partial charge >= 0.3 is 0 Å². The van der Waals surface area contributed by atoms with Crippen LogP contribution in [0.5, 0.6) is 0 Å². The second kappa shape index (κ2) is 2.45. The number of hydrogen-bond donors (Lipinski definition) is 2. The molecule has 52 valence electrons. The van der Waals surface area contributed by atoms with Crippen molar-refractivity contribution in [3.63, 3.8) is 0 Å². The van der Waals surface area contributed by atoms with Crippen molar-refractivity contribution in [3.05, 3.63) is 0 Å². The lowest BCUT2D eigenvalue weighted by Gasteiger charge is -2.29. The molecule has 0 bridgehead atoms. The number of nitrogens with one attached hydrogen (secondary N) is 2. The van der Waals surface area contributed by atoms with E-state index in [-0.39, 0.29) is 5.54 Å². The highest BCUT2D eigenvalue weighted by molar-refractivity contribution is 5.64. The van der Waals surface area contributed by atoms with E-state index in [4.69, 9.17) is 0 Å². The largest absolute Gasteiger partial charge is 0.313 e. The molecule has 0 radical (unpaired) electrons. The Morgan fingerprint density at radius 2 is 2.33 bits per heavy atom. The van der Waals surface area contributed by atoms with E-state index in [2.05, 4.69) is 10.6 Å². The summed E-state index contributed by atoms with van der Waals surface area (Å²) in [5.41, 5.74) is -0.321. The smallest absolute Gasteiger partial charge is 0.141 e. The van der Waals surface area contributed by atoms with E-state index in [1.807, 2.05) is 6.92 Å². The topological polar surface area (TPSA) is 41.1 Å². The number of aldehydes is 1. The second-order valence-electron chi connectivity index (χ2n) is 2.64. The third kappa shape index (κ3) is 1.50. The highest BCUT2D eigenvalue weighted by Gasteiger charge is 2.24. The molecule has 1 aliphatic rings. The molecule has 0 amide bonds. The summed E-state index contributed by atoms with van der Waals surface area (Å²) in [5, 5.41) is 6.25. The van der Waals surface area contributed by atoms with Gasteiger partial charge in [0.1, 0.15) is 6.29 Å². The van der Waals surface area contributed by atoms with Crippen LogP contribution in [0.1, 0.15) is 6.92 Å². The van der Waals surface area contributed by atoms with Gasteiger partial charge < -0.3 is 15.4 Å². The summed E-state index contributed by atoms with van der Waals surface area (Å²) < 4.78 is 0. The SMILES string of the molecule is C[C@@]1(C=O)CNCCN1. The predicted octanol–water partition coefficient (Wildman–Crippen LogP) is -0.863. The average molecular weight is 128 g/mol. The van der Waals surface area contributed by atoms with Crippen LogP contribution in [0, 0.1) is 0 Å². The molecule has 1 atom stereocenters. The van der Waals surface area contributed by atoms with Crippen LogP contribution < -0.4 is 10.6 Å². The fourth-order valence-corrected chi connectivity index (χ4v) is 0.930. The second-order valence-corrected chi connectivity index (χ2v) is 2.64. The van der Waals surface area contributed by atoms with Crippen LogP contribution >= 0.6 is 0 Å². The van der Waals surface area contributed by atoms with Crippen LogP contribution in [0.15, 0.2) is 0 Å². The lowest BCUT2D eigenvalue weighted by molar-refractivity contribution is -0.113. The first-order valence-corrected chi connectivity index (χ1v) is 3.19. The van der Waals surface area contributed by atoms with Gasteiger partial charge in [0.2, 0.25) is 0 Å². The van der Waals surface area contributed by atoms with Gasteiger partial charge in [0.05, 0.1) is 5.54 Å². The molecule has 0 aliphatic carbocycles. The highest BCUT2D eigenvalue weighted by Crippen LogP contribution is 1.98. The van der Waals surface area contributed by atoms with E-state index in [0.29, 0.717) is 0 Å². The maximum Gasteiger partial charge on any atom is 0.141 e. The average Bonchev–Trinajstić information content (AvgIpc) is 1.90. The van der Waals surface area contributed by atoms with Gasteiger partial charge in [0, 0.05) is 19.6 Å². The zero-order valence-corrected chi connectivity index (χ0v) is 5.61. The maximum atomic E-state index is 10.4. The number of piperazine rings is 1. The molecule has 0 aromatic carbocycles. The molecule has 9 heavy (non-hydrogen) atoms. The van der Waals surface area contributed by atoms with Crippen molar-refractivity contribution in [2.45, 2.75) is 12.5 Å². The summed E-state index contributed by atoms with van der Waals surface area (Å²) in [5.74, 6) is 0. The van der Waals surface area contributed by atoms with E-state index >= 15 is 0 Å². The molecular weight excluding hydrogens is 116 g/mol. The molecule has 0 unspecified atom stereocenters. The fraction of sp³-hybridized carbons (Fsp3) is 0.833. The van der Waals surface area contributed by atoms with Gasteiger partial charge in [0.25, 0.3) is 0 Å². The number of rotatable bonds is 1. The van der Waals surface area contributed by atoms with Crippen molar-refractivity contribution in [1.82, 2.24) is 10.6 Å². The van der Waals surface area contributed by atoms with E-state index < -0.39 is 0 Å². The van der Waals surface area contributed by atoms with E-state index in [1.165, 1.54) is 0 Å². The molecule has 1 rings (SSSR count). The molecule has 0 aromatic rings. The van der Waals surface area contributed by atoms with Gasteiger partial charge in [0.15, 0.2) is 0 Å². The highest BCUT2D eigenvalue weighted by atomic mass is 16.1. The maximum absolute atomic E-state index is 10.4. The van der Waals surface area contributed by atoms with E-state index in [9.17, 15) is 4.79 Å². The lowest BCUT2D eigenvalue weighted by Crippen LogP contribution is -2.58. The predicted molar refractivity (Wildman–Crippen MR) is 35.3 cm³/mol. The van der Waals surface area contributed by atoms with Crippen LogP contribution in [0.25, 0.3) is 0 Å². The molecule has 3 heteroatoms. The molecule has 3 nitrogen and oxygen atoms in total. The lowest BCUT2D eigenvalue weighted by atomic mass is 10.0.